The SMILES string of the molecule is CCCCCOc1cc(C)cc(OCCCCOP(O)(=S)O[C@H](CC(=O)O)C(O)[N+](C)(C)C)c1. The Morgan fingerprint density at radius 1 is 1.03 bits per heavy atom. The Labute approximate surface area is 208 Å². The standard InChI is InChI=1S/C23H40NO8PS/c1-6-7-8-11-29-19-14-18(2)15-20(16-19)30-12-9-10-13-31-33(28,34)32-21(17-22(25)26)23(27)24(3,4)5/h14-16,21,23,27H,6-13,17H2,1-5H3,(H-,25,26,28,34)/p+1/t21-,23?,33?/m1/s1. The summed E-state index contributed by atoms with van der Waals surface area (Å²) in [6.45, 7) is 1.67. The Kier molecular flexibility index (Phi) is 13.6. The molecule has 0 saturated carbocycles. The largest absolute Gasteiger partial charge is 0.493 e. The van der Waals surface area contributed by atoms with Crippen LogP contribution in [0, 0.1) is 6.92 Å². The number of quaternary nitrogens is 1. The van der Waals surface area contributed by atoms with Gasteiger partial charge in [-0.2, -0.15) is 0 Å². The van der Waals surface area contributed by atoms with E-state index < -0.39 is 31.4 Å². The maximum Gasteiger partial charge on any atom is 0.325 e. The van der Waals surface area contributed by atoms with Crippen molar-refractivity contribution >= 4 is 24.5 Å². The van der Waals surface area contributed by atoms with Crippen molar-refractivity contribution in [3.05, 3.63) is 23.8 Å². The van der Waals surface area contributed by atoms with Crippen LogP contribution in [-0.4, -0.2) is 78.9 Å². The van der Waals surface area contributed by atoms with Crippen LogP contribution in [0.5, 0.6) is 11.5 Å². The molecule has 1 aromatic rings. The highest BCUT2D eigenvalue weighted by molar-refractivity contribution is 8.07. The molecular formula is C23H41NO8PS+. The Balaban J connectivity index is 2.44. The minimum Gasteiger partial charge on any atom is -0.493 e. The molecule has 196 valence electrons. The third-order valence-electron chi connectivity index (χ3n) is 4.87. The van der Waals surface area contributed by atoms with Crippen molar-refractivity contribution < 1.29 is 42.9 Å². The number of carboxylic acid groups (broad SMARTS) is 1. The quantitative estimate of drug-likeness (QED) is 0.114. The van der Waals surface area contributed by atoms with Gasteiger partial charge in [-0.15, -0.1) is 0 Å². The van der Waals surface area contributed by atoms with Crippen molar-refractivity contribution in [2.24, 2.45) is 0 Å². The molecule has 0 amide bonds. The first-order valence-corrected chi connectivity index (χ1v) is 14.2. The molecule has 9 nitrogen and oxygen atoms in total. The minimum atomic E-state index is -3.72. The van der Waals surface area contributed by atoms with E-state index in [9.17, 15) is 14.8 Å². The van der Waals surface area contributed by atoms with Gasteiger partial charge in [0.2, 0.25) is 6.23 Å². The number of rotatable bonds is 18. The van der Waals surface area contributed by atoms with E-state index in [1.165, 1.54) is 0 Å². The van der Waals surface area contributed by atoms with Crippen LogP contribution in [0.15, 0.2) is 18.2 Å². The van der Waals surface area contributed by atoms with Crippen molar-refractivity contribution in [3.63, 3.8) is 0 Å². The van der Waals surface area contributed by atoms with Crippen LogP contribution in [0.2, 0.25) is 0 Å². The monoisotopic (exact) mass is 522 g/mol. The van der Waals surface area contributed by atoms with Crippen LogP contribution in [0.25, 0.3) is 0 Å². The number of carboxylic acids is 1. The van der Waals surface area contributed by atoms with Gasteiger partial charge in [0.25, 0.3) is 0 Å². The highest BCUT2D eigenvalue weighted by atomic mass is 32.5. The molecular weight excluding hydrogens is 481 g/mol. The number of carbonyl (C=O) groups is 1. The second kappa shape index (κ2) is 15.0. The number of nitrogens with zero attached hydrogens (tertiary/aromatic N) is 1. The Morgan fingerprint density at radius 3 is 2.06 bits per heavy atom. The lowest BCUT2D eigenvalue weighted by Crippen LogP contribution is -2.52. The van der Waals surface area contributed by atoms with E-state index in [-0.39, 0.29) is 11.1 Å². The van der Waals surface area contributed by atoms with Gasteiger partial charge in [0.05, 0.1) is 47.4 Å². The van der Waals surface area contributed by atoms with Crippen LogP contribution >= 0.6 is 6.72 Å². The maximum atomic E-state index is 11.1. The highest BCUT2D eigenvalue weighted by Crippen LogP contribution is 2.46. The van der Waals surface area contributed by atoms with Gasteiger partial charge in [0.15, 0.2) is 6.10 Å². The smallest absolute Gasteiger partial charge is 0.325 e. The van der Waals surface area contributed by atoms with E-state index in [0.717, 1.165) is 36.3 Å². The Hall–Kier alpha value is -1.26. The van der Waals surface area contributed by atoms with Gasteiger partial charge < -0.3 is 33.6 Å². The molecule has 0 fully saturated rings. The lowest BCUT2D eigenvalue weighted by Gasteiger charge is -2.35. The molecule has 1 rings (SSSR count). The molecule has 0 spiro atoms. The third kappa shape index (κ3) is 13.0. The van der Waals surface area contributed by atoms with E-state index in [2.05, 4.69) is 6.92 Å². The molecule has 3 N–H and O–H groups in total. The number of ether oxygens (including phenoxy) is 2. The van der Waals surface area contributed by atoms with E-state index >= 15 is 0 Å². The number of likely N-dealkylation sites (N-methyl/N-ethyl adjacent to an activating group) is 1. The van der Waals surface area contributed by atoms with Crippen molar-refractivity contribution in [3.8, 4) is 11.5 Å². The number of unbranched alkanes of at least 4 members (excludes halogenated alkanes) is 3. The van der Waals surface area contributed by atoms with Gasteiger partial charge in [0, 0.05) is 6.07 Å². The van der Waals surface area contributed by atoms with Crippen LogP contribution in [0.3, 0.4) is 0 Å². The number of hydrogen-bond acceptors (Lipinski definition) is 7. The van der Waals surface area contributed by atoms with Crippen LogP contribution in [0.1, 0.15) is 51.0 Å². The molecule has 0 saturated heterocycles. The number of hydrogen-bond donors (Lipinski definition) is 3. The summed E-state index contributed by atoms with van der Waals surface area (Å²) in [4.78, 5) is 21.5. The van der Waals surface area contributed by atoms with Crippen LogP contribution < -0.4 is 9.47 Å². The molecule has 0 heterocycles. The average molecular weight is 523 g/mol. The van der Waals surface area contributed by atoms with E-state index in [1.54, 1.807) is 21.1 Å². The summed E-state index contributed by atoms with van der Waals surface area (Å²) in [5.74, 6) is 0.350. The predicted molar refractivity (Wildman–Crippen MR) is 135 cm³/mol. The fraction of sp³-hybridized carbons (Fsp3) is 0.696. The first-order valence-electron chi connectivity index (χ1n) is 11.6. The summed E-state index contributed by atoms with van der Waals surface area (Å²) in [5.41, 5.74) is 1.05. The summed E-state index contributed by atoms with van der Waals surface area (Å²) in [7, 11) is 5.04. The van der Waals surface area contributed by atoms with Crippen molar-refractivity contribution in [2.45, 2.75) is 64.7 Å². The van der Waals surface area contributed by atoms with Crippen LogP contribution in [0.4, 0.5) is 0 Å². The van der Waals surface area contributed by atoms with E-state index in [0.29, 0.717) is 26.1 Å². The molecule has 1 aromatic carbocycles. The van der Waals surface area contributed by atoms with Gasteiger partial charge in [-0.1, -0.05) is 19.8 Å². The number of aliphatic carboxylic acids is 1. The summed E-state index contributed by atoms with van der Waals surface area (Å²) < 4.78 is 22.3. The molecule has 0 aliphatic heterocycles. The van der Waals surface area contributed by atoms with Gasteiger partial charge in [-0.05, 0) is 55.7 Å². The highest BCUT2D eigenvalue weighted by Gasteiger charge is 2.37. The maximum absolute atomic E-state index is 11.1. The molecule has 3 atom stereocenters. The normalized spacial score (nSPS) is 15.4. The fourth-order valence-electron chi connectivity index (χ4n) is 3.07. The molecule has 0 aliphatic carbocycles. The van der Waals surface area contributed by atoms with Gasteiger partial charge >= 0.3 is 12.7 Å². The first kappa shape index (κ1) is 30.8. The molecule has 11 heteroatoms. The van der Waals surface area contributed by atoms with E-state index in [1.807, 2.05) is 25.1 Å². The Bertz CT molecular complexity index is 802. The summed E-state index contributed by atoms with van der Waals surface area (Å²) >= 11 is 5.02. The molecule has 0 bridgehead atoms. The van der Waals surface area contributed by atoms with Gasteiger partial charge in [0.1, 0.15) is 11.5 Å². The lowest BCUT2D eigenvalue weighted by molar-refractivity contribution is -0.922. The third-order valence-corrected chi connectivity index (χ3v) is 6.49. The first-order chi connectivity index (χ1) is 15.8. The zero-order valence-electron chi connectivity index (χ0n) is 20.9. The van der Waals surface area contributed by atoms with Gasteiger partial charge in [-0.3, -0.25) is 9.32 Å². The van der Waals surface area contributed by atoms with Crippen molar-refractivity contribution in [2.75, 3.05) is 41.0 Å². The fourth-order valence-corrected chi connectivity index (χ4v) is 4.57. The number of aliphatic hydroxyl groups is 1. The zero-order valence-corrected chi connectivity index (χ0v) is 22.6. The molecule has 34 heavy (non-hydrogen) atoms. The number of aliphatic hydroxyl groups excluding tert-OH is 1. The van der Waals surface area contributed by atoms with Crippen molar-refractivity contribution in [1.29, 1.82) is 0 Å². The average Bonchev–Trinajstić information content (AvgIpc) is 2.71. The zero-order chi connectivity index (χ0) is 25.8. The summed E-state index contributed by atoms with van der Waals surface area (Å²) in [6, 6.07) is 5.80. The van der Waals surface area contributed by atoms with E-state index in [4.69, 9.17) is 35.4 Å². The summed E-state index contributed by atoms with van der Waals surface area (Å²) in [5, 5.41) is 19.5. The Morgan fingerprint density at radius 2 is 1.56 bits per heavy atom. The summed E-state index contributed by atoms with van der Waals surface area (Å²) in [6.07, 6.45) is 1.61. The van der Waals surface area contributed by atoms with Crippen LogP contribution in [-0.2, 0) is 25.6 Å². The lowest BCUT2D eigenvalue weighted by atomic mass is 10.2. The molecule has 2 unspecified atom stereocenters. The predicted octanol–water partition coefficient (Wildman–Crippen LogP) is 3.84. The molecule has 0 aliphatic rings. The topological polar surface area (TPSA) is 115 Å². The second-order valence-corrected chi connectivity index (χ2v) is 12.0. The second-order valence-electron chi connectivity index (χ2n) is 9.17. The van der Waals surface area contributed by atoms with Crippen molar-refractivity contribution in [1.82, 2.24) is 0 Å². The molecule has 0 aromatic heterocycles. The molecule has 0 radical (unpaired) electrons. The minimum absolute atomic E-state index is 0.0229. The number of benzene rings is 1. The number of aryl methyl sites for hydroxylation is 1. The van der Waals surface area contributed by atoms with Gasteiger partial charge in [-0.25, -0.2) is 0 Å².